The van der Waals surface area contributed by atoms with Gasteiger partial charge < -0.3 is 90.0 Å². The van der Waals surface area contributed by atoms with Crippen molar-refractivity contribution in [3.05, 3.63) is 0 Å². The number of carbonyl (C=O) groups is 10. The van der Waals surface area contributed by atoms with Crippen LogP contribution in [0.2, 0.25) is 0 Å². The average molecular weight is 1450 g/mol. The molecule has 0 heterocycles. The van der Waals surface area contributed by atoms with Crippen LogP contribution in [0.3, 0.4) is 0 Å². The van der Waals surface area contributed by atoms with Gasteiger partial charge >= 0.3 is 11.9 Å². The van der Waals surface area contributed by atoms with Crippen LogP contribution in [-0.2, 0) is 81.1 Å². The van der Waals surface area contributed by atoms with Crippen molar-refractivity contribution in [1.29, 1.82) is 0 Å². The number of ether oxygens (including phenoxy) is 7. The summed E-state index contributed by atoms with van der Waals surface area (Å²) in [6.45, 7) is 42.3. The fourth-order valence-corrected chi connectivity index (χ4v) is 5.58. The highest BCUT2D eigenvalue weighted by molar-refractivity contribution is 5.79. The molecule has 100 heavy (non-hydrogen) atoms. The topological polar surface area (TPSA) is 332 Å². The Kier molecular flexibility index (Phi) is 99.8. The summed E-state index contributed by atoms with van der Waals surface area (Å²) in [5.74, 6) is 0.932. The molecule has 7 N–H and O–H groups in total. The zero-order valence-corrected chi connectivity index (χ0v) is 69.4. The van der Waals surface area contributed by atoms with Crippen molar-refractivity contribution in [1.82, 2.24) is 56.8 Å². The van der Waals surface area contributed by atoms with Gasteiger partial charge in [0.2, 0.25) is 35.4 Å². The lowest BCUT2D eigenvalue weighted by atomic mass is 10.2. The van der Waals surface area contributed by atoms with Crippen LogP contribution in [-0.4, -0.2) is 292 Å². The van der Waals surface area contributed by atoms with E-state index in [-0.39, 0.29) is 77.6 Å². The van der Waals surface area contributed by atoms with E-state index >= 15 is 0 Å². The minimum Gasteiger partial charge on any atom is -0.469 e. The number of rotatable bonds is 40. The fraction of sp³-hybridized carbons (Fsp3) is 0.861. The van der Waals surface area contributed by atoms with Crippen LogP contribution < -0.4 is 37.2 Å². The lowest BCUT2D eigenvalue weighted by molar-refractivity contribution is -0.142. The summed E-state index contributed by atoms with van der Waals surface area (Å²) < 4.78 is 34.3. The SMILES string of the molecule is CC(C)NCCC(=O)N(C)C.CC(C)OCCC(=O)N(C)C.CCC(=O)CCNC(C)C.CCC(=O)CCOC(C)C.CNC(=O)CCNC(C)C.CNC(=O)CCOC(C)C.CNCCC(=O)N(C)C.COC(=O)CCNC(C)C.COC(=O)CCOC(C)C.COCCC(=O)N(C)C. The Morgan fingerprint density at radius 3 is 0.870 bits per heavy atom. The third-order valence-corrected chi connectivity index (χ3v) is 11.7. The van der Waals surface area contributed by atoms with E-state index < -0.39 is 0 Å². The molecular weight excluding hydrogens is 1290 g/mol. The summed E-state index contributed by atoms with van der Waals surface area (Å²) in [6, 6.07) is 1.85. The highest BCUT2D eigenvalue weighted by Gasteiger charge is 2.07. The first-order valence-electron chi connectivity index (χ1n) is 35.3. The van der Waals surface area contributed by atoms with Crippen LogP contribution in [0, 0.1) is 0 Å². The van der Waals surface area contributed by atoms with Crippen molar-refractivity contribution in [2.24, 2.45) is 0 Å². The number of nitrogens with zero attached hydrogens (tertiary/aromatic N) is 4. The Morgan fingerprint density at radius 2 is 0.570 bits per heavy atom. The van der Waals surface area contributed by atoms with Crippen molar-refractivity contribution in [3.8, 4) is 0 Å². The first-order valence-corrected chi connectivity index (χ1v) is 35.3. The van der Waals surface area contributed by atoms with Crippen molar-refractivity contribution in [2.45, 2.75) is 250 Å². The van der Waals surface area contributed by atoms with Gasteiger partial charge in [-0.05, 0) is 62.4 Å². The van der Waals surface area contributed by atoms with Crippen molar-refractivity contribution in [3.63, 3.8) is 0 Å². The number of ketones is 2. The zero-order valence-electron chi connectivity index (χ0n) is 69.4. The number of carbonyl (C=O) groups excluding carboxylic acids is 10. The van der Waals surface area contributed by atoms with Gasteiger partial charge in [0.15, 0.2) is 0 Å². The van der Waals surface area contributed by atoms with Gasteiger partial charge in [0.05, 0.1) is 97.4 Å². The Morgan fingerprint density at radius 1 is 0.310 bits per heavy atom. The molecule has 0 saturated carbocycles. The molecule has 0 rings (SSSR count). The van der Waals surface area contributed by atoms with E-state index in [4.69, 9.17) is 23.7 Å². The third-order valence-electron chi connectivity index (χ3n) is 11.7. The van der Waals surface area contributed by atoms with E-state index in [0.29, 0.717) is 147 Å². The highest BCUT2D eigenvalue weighted by atomic mass is 16.5. The van der Waals surface area contributed by atoms with E-state index in [1.54, 1.807) is 97.2 Å². The van der Waals surface area contributed by atoms with Crippen LogP contribution in [0.1, 0.15) is 202 Å². The average Bonchev–Trinajstić information content (AvgIpc) is 1.90. The highest BCUT2D eigenvalue weighted by Crippen LogP contribution is 1.96. The number of nitrogens with one attached hydrogen (secondary N) is 7. The molecule has 0 aliphatic rings. The van der Waals surface area contributed by atoms with Gasteiger partial charge in [-0.25, -0.2) is 0 Å². The quantitative estimate of drug-likeness (QED) is 0.0323. The van der Waals surface area contributed by atoms with Gasteiger partial charge in [0, 0.05) is 186 Å². The summed E-state index contributed by atoms with van der Waals surface area (Å²) in [4.78, 5) is 114. The number of Topliss-reactive ketones (excluding diaryl/α,β-unsaturated/α-hetero) is 2. The zero-order chi connectivity index (χ0) is 80.2. The Labute approximate surface area is 609 Å². The monoisotopic (exact) mass is 1450 g/mol. The van der Waals surface area contributed by atoms with E-state index in [9.17, 15) is 47.9 Å². The largest absolute Gasteiger partial charge is 0.469 e. The Balaban J connectivity index is -0.000000113. The van der Waals surface area contributed by atoms with Crippen LogP contribution in [0.15, 0.2) is 0 Å². The molecule has 28 heteroatoms. The fourth-order valence-electron chi connectivity index (χ4n) is 5.58. The van der Waals surface area contributed by atoms with Crippen molar-refractivity contribution >= 4 is 58.9 Å². The van der Waals surface area contributed by atoms with E-state index in [0.717, 1.165) is 26.2 Å². The molecular formula is C72H155N11O17. The number of hydrogen-bond donors (Lipinski definition) is 7. The van der Waals surface area contributed by atoms with Crippen molar-refractivity contribution < 1.29 is 81.1 Å². The summed E-state index contributed by atoms with van der Waals surface area (Å²) in [5, 5.41) is 20.6. The number of esters is 2. The minimum absolute atomic E-state index is 0.0284. The van der Waals surface area contributed by atoms with E-state index in [1.807, 2.05) is 90.1 Å². The predicted molar refractivity (Wildman–Crippen MR) is 406 cm³/mol. The molecule has 28 nitrogen and oxygen atoms in total. The second-order valence-corrected chi connectivity index (χ2v) is 25.1. The van der Waals surface area contributed by atoms with Gasteiger partial charge in [0.1, 0.15) is 11.6 Å². The molecule has 0 aliphatic heterocycles. The summed E-state index contributed by atoms with van der Waals surface area (Å²) in [6.07, 6.45) is 7.32. The molecule has 0 spiro atoms. The molecule has 0 unspecified atom stereocenters. The lowest BCUT2D eigenvalue weighted by Crippen LogP contribution is -2.29. The molecule has 600 valence electrons. The molecule has 0 aromatic rings. The lowest BCUT2D eigenvalue weighted by Gasteiger charge is -2.11. The first kappa shape index (κ1) is 116. The second kappa shape index (κ2) is 86.1. The van der Waals surface area contributed by atoms with Crippen LogP contribution in [0.4, 0.5) is 0 Å². The molecule has 0 atom stereocenters. The van der Waals surface area contributed by atoms with E-state index in [1.165, 1.54) is 14.2 Å². The Bertz CT molecular complexity index is 1650. The molecule has 0 radical (unpaired) electrons. The normalized spacial score (nSPS) is 10.0. The molecule has 0 bridgehead atoms. The molecule has 0 aliphatic carbocycles. The minimum atomic E-state index is -0.222. The molecule has 0 fully saturated rings. The molecule has 0 aromatic carbocycles. The van der Waals surface area contributed by atoms with Gasteiger partial charge in [-0.15, -0.1) is 0 Å². The maximum absolute atomic E-state index is 11.0. The molecule has 0 saturated heterocycles. The predicted octanol–water partition coefficient (Wildman–Crippen LogP) is 6.47. The second-order valence-electron chi connectivity index (χ2n) is 25.1. The number of methoxy groups -OCH3 is 3. The smallest absolute Gasteiger partial charge is 0.307 e. The van der Waals surface area contributed by atoms with Crippen molar-refractivity contribution in [2.75, 3.05) is 165 Å². The first-order chi connectivity index (χ1) is 46.4. The maximum Gasteiger partial charge on any atom is 0.307 e. The van der Waals surface area contributed by atoms with Crippen LogP contribution in [0.25, 0.3) is 0 Å². The molecule has 0 aromatic heterocycles. The number of amides is 6. The summed E-state index contributed by atoms with van der Waals surface area (Å²) in [7, 11) is 23.5. The maximum atomic E-state index is 11.0. The number of hydrogen-bond acceptors (Lipinski definition) is 22. The Hall–Kier alpha value is -5.30. The third kappa shape index (κ3) is 126. The van der Waals surface area contributed by atoms with Gasteiger partial charge in [-0.3, -0.25) is 47.9 Å². The van der Waals surface area contributed by atoms with E-state index in [2.05, 4.69) is 88.2 Å². The summed E-state index contributed by atoms with van der Waals surface area (Å²) >= 11 is 0. The standard InChI is InChI=1S/C8H18N2O.C8H17NO2.C8H17NO.C8H16O2.C7H16N2O.2C7H15NO2.C7H14O3.C6H14N2O.C6H13NO2/c1-7(2)9-6-5-8(11)10(3)4;1-7(2)11-6-5-8(10)9(3)4;1-4-8(10)5-6-9-7(2)3;1-4-8(9)5-6-10-7(2)3;1-6(2)9-5-4-7(10)8-3;1-6(2)8-5-4-7(9)10-3;1-6(2)10-5-4-7(9)8-3;1-6(2)10-5-4-7(8)9-3;1-7-5-4-6(9)8(2)3;1-7(2)6(8)4-5-9-3/h7,9H,5-6H2,1-4H3;7H,5-6H2,1-4H3;7,9H,4-6H2,1-3H3;7H,4-6H2,1-3H3;6,9H,4-5H2,1-3H3,(H,8,10);6,8H,4-5H2,1-3H3;6H,4-5H2,1-3H3,(H,8,9);6H,4-5H2,1-3H3;7H,4-5H2,1-3H3;4-5H2,1-3H3. The van der Waals surface area contributed by atoms with Crippen LogP contribution in [0.5, 0.6) is 0 Å². The van der Waals surface area contributed by atoms with Crippen LogP contribution >= 0.6 is 0 Å². The van der Waals surface area contributed by atoms with Gasteiger partial charge in [0.25, 0.3) is 0 Å². The summed E-state index contributed by atoms with van der Waals surface area (Å²) in [5.41, 5.74) is 0. The van der Waals surface area contributed by atoms with Gasteiger partial charge in [-0.2, -0.15) is 0 Å². The van der Waals surface area contributed by atoms with Gasteiger partial charge in [-0.1, -0.05) is 69.2 Å². The molecule has 6 amide bonds.